The van der Waals surface area contributed by atoms with Crippen LogP contribution < -0.4 is 16.0 Å². The molecular formula is C16H31N5O. The molecule has 0 aromatic heterocycles. The fourth-order valence-electron chi connectivity index (χ4n) is 2.77. The van der Waals surface area contributed by atoms with Gasteiger partial charge < -0.3 is 20.9 Å². The third-order valence-electron chi connectivity index (χ3n) is 4.33. The van der Waals surface area contributed by atoms with Crippen molar-refractivity contribution in [2.24, 2.45) is 16.8 Å². The zero-order chi connectivity index (χ0) is 15.8. The first-order valence-electron chi connectivity index (χ1n) is 8.75. The fraction of sp³-hybridized carbons (Fsp3) is 0.875. The minimum Gasteiger partial charge on any atom is -0.357 e. The average molecular weight is 309 g/mol. The van der Waals surface area contributed by atoms with Gasteiger partial charge in [0.25, 0.3) is 0 Å². The minimum atomic E-state index is 0.203. The van der Waals surface area contributed by atoms with E-state index in [1.807, 2.05) is 0 Å². The van der Waals surface area contributed by atoms with Crippen molar-refractivity contribution in [3.63, 3.8) is 0 Å². The number of carbonyl (C=O) groups is 1. The number of hydrogen-bond donors (Lipinski definition) is 3. The van der Waals surface area contributed by atoms with Crippen molar-refractivity contribution in [2.75, 3.05) is 45.8 Å². The Morgan fingerprint density at radius 2 is 1.91 bits per heavy atom. The molecule has 1 saturated carbocycles. The van der Waals surface area contributed by atoms with Gasteiger partial charge in [-0.2, -0.15) is 0 Å². The number of aliphatic imine (C=N–C) groups is 1. The Balaban J connectivity index is 1.64. The summed E-state index contributed by atoms with van der Waals surface area (Å²) >= 11 is 0. The maximum atomic E-state index is 11.5. The summed E-state index contributed by atoms with van der Waals surface area (Å²) in [7, 11) is 0. The fourth-order valence-corrected chi connectivity index (χ4v) is 2.77. The van der Waals surface area contributed by atoms with Gasteiger partial charge in [0.1, 0.15) is 0 Å². The molecule has 1 heterocycles. The summed E-state index contributed by atoms with van der Waals surface area (Å²) in [6.07, 6.45) is 3.35. The van der Waals surface area contributed by atoms with Crippen molar-refractivity contribution in [3.05, 3.63) is 0 Å². The molecule has 1 atom stereocenters. The zero-order valence-corrected chi connectivity index (χ0v) is 14.0. The largest absolute Gasteiger partial charge is 0.357 e. The molecule has 6 nitrogen and oxygen atoms in total. The smallest absolute Gasteiger partial charge is 0.223 e. The number of carbonyl (C=O) groups excluding carboxylic acids is 1. The van der Waals surface area contributed by atoms with E-state index in [0.717, 1.165) is 51.5 Å². The van der Waals surface area contributed by atoms with Gasteiger partial charge >= 0.3 is 0 Å². The molecule has 1 aliphatic carbocycles. The summed E-state index contributed by atoms with van der Waals surface area (Å²) in [5.41, 5.74) is 0. The molecular weight excluding hydrogens is 278 g/mol. The Morgan fingerprint density at radius 3 is 2.55 bits per heavy atom. The summed E-state index contributed by atoms with van der Waals surface area (Å²) in [5.74, 6) is 2.02. The molecule has 1 unspecified atom stereocenters. The third kappa shape index (κ3) is 5.83. The highest BCUT2D eigenvalue weighted by Gasteiger charge is 2.29. The molecule has 0 spiro atoms. The monoisotopic (exact) mass is 309 g/mol. The van der Waals surface area contributed by atoms with Gasteiger partial charge in [-0.05, 0) is 45.2 Å². The number of likely N-dealkylation sites (tertiary alicyclic amines) is 1. The lowest BCUT2D eigenvalue weighted by atomic mass is 10.1. The number of guanidine groups is 1. The molecule has 22 heavy (non-hydrogen) atoms. The molecule has 2 aliphatic rings. The number of nitrogens with one attached hydrogen (secondary N) is 3. The summed E-state index contributed by atoms with van der Waals surface area (Å²) in [4.78, 5) is 18.7. The van der Waals surface area contributed by atoms with Gasteiger partial charge in [-0.1, -0.05) is 6.92 Å². The van der Waals surface area contributed by atoms with Crippen LogP contribution >= 0.6 is 0 Å². The topological polar surface area (TPSA) is 68.8 Å². The quantitative estimate of drug-likeness (QED) is 0.345. The van der Waals surface area contributed by atoms with Crippen LogP contribution in [0.15, 0.2) is 4.99 Å². The average Bonchev–Trinajstić information content (AvgIpc) is 3.28. The van der Waals surface area contributed by atoms with Crippen molar-refractivity contribution in [3.8, 4) is 0 Å². The van der Waals surface area contributed by atoms with Gasteiger partial charge in [-0.15, -0.1) is 0 Å². The third-order valence-corrected chi connectivity index (χ3v) is 4.33. The molecule has 0 aromatic carbocycles. The van der Waals surface area contributed by atoms with Crippen LogP contribution in [0, 0.1) is 11.8 Å². The Labute approximate surface area is 134 Å². The molecule has 1 saturated heterocycles. The summed E-state index contributed by atoms with van der Waals surface area (Å²) in [6.45, 7) is 10.9. The lowest BCUT2D eigenvalue weighted by molar-refractivity contribution is -0.122. The second-order valence-corrected chi connectivity index (χ2v) is 6.26. The standard InChI is InChI=1S/C16H31N5O/c1-3-17-16(19-9-8-18-15(22)14-5-6-14)20-11-13-7-10-21(4-2)12-13/h13-14H,3-12H2,1-2H3,(H,18,22)(H2,17,19,20). The SMILES string of the molecule is CCNC(=NCC1CCN(CC)C1)NCCNC(=O)C1CC1. The van der Waals surface area contributed by atoms with Crippen LogP contribution in [-0.4, -0.2) is 62.6 Å². The second-order valence-electron chi connectivity index (χ2n) is 6.26. The van der Waals surface area contributed by atoms with Gasteiger partial charge in [-0.25, -0.2) is 0 Å². The van der Waals surface area contributed by atoms with E-state index >= 15 is 0 Å². The van der Waals surface area contributed by atoms with Crippen molar-refractivity contribution in [1.29, 1.82) is 0 Å². The van der Waals surface area contributed by atoms with E-state index in [0.29, 0.717) is 12.5 Å². The molecule has 0 bridgehead atoms. The van der Waals surface area contributed by atoms with E-state index in [1.54, 1.807) is 0 Å². The van der Waals surface area contributed by atoms with E-state index in [9.17, 15) is 4.79 Å². The summed E-state index contributed by atoms with van der Waals surface area (Å²) in [5, 5.41) is 9.52. The van der Waals surface area contributed by atoms with Crippen LogP contribution in [-0.2, 0) is 4.79 Å². The van der Waals surface area contributed by atoms with Crippen molar-refractivity contribution in [2.45, 2.75) is 33.1 Å². The predicted molar refractivity (Wildman–Crippen MR) is 89.9 cm³/mol. The first-order valence-corrected chi connectivity index (χ1v) is 8.75. The zero-order valence-electron chi connectivity index (χ0n) is 14.0. The molecule has 1 amide bonds. The number of hydrogen-bond acceptors (Lipinski definition) is 3. The number of rotatable bonds is 8. The van der Waals surface area contributed by atoms with Gasteiger partial charge in [0.15, 0.2) is 5.96 Å². The Kier molecular flexibility index (Phi) is 6.96. The lowest BCUT2D eigenvalue weighted by Gasteiger charge is -2.14. The molecule has 2 rings (SSSR count). The van der Waals surface area contributed by atoms with E-state index in [1.165, 1.54) is 13.0 Å². The minimum absolute atomic E-state index is 0.203. The molecule has 1 aliphatic heterocycles. The van der Waals surface area contributed by atoms with E-state index in [-0.39, 0.29) is 11.8 Å². The van der Waals surface area contributed by atoms with Crippen molar-refractivity contribution < 1.29 is 4.79 Å². The van der Waals surface area contributed by atoms with Gasteiger partial charge in [0, 0.05) is 38.6 Å². The van der Waals surface area contributed by atoms with Crippen LogP contribution in [0.5, 0.6) is 0 Å². The summed E-state index contributed by atoms with van der Waals surface area (Å²) < 4.78 is 0. The number of nitrogens with zero attached hydrogens (tertiary/aromatic N) is 2. The van der Waals surface area contributed by atoms with Crippen LogP contribution in [0.4, 0.5) is 0 Å². The highest BCUT2D eigenvalue weighted by Crippen LogP contribution is 2.28. The molecule has 126 valence electrons. The maximum Gasteiger partial charge on any atom is 0.223 e. The second kappa shape index (κ2) is 8.98. The van der Waals surface area contributed by atoms with Crippen molar-refractivity contribution in [1.82, 2.24) is 20.9 Å². The normalized spacial score (nSPS) is 22.6. The Hall–Kier alpha value is -1.30. The van der Waals surface area contributed by atoms with Gasteiger partial charge in [-0.3, -0.25) is 9.79 Å². The van der Waals surface area contributed by atoms with Crippen LogP contribution in [0.25, 0.3) is 0 Å². The molecule has 0 aromatic rings. The highest BCUT2D eigenvalue weighted by molar-refractivity contribution is 5.81. The van der Waals surface area contributed by atoms with Gasteiger partial charge in [0.05, 0.1) is 0 Å². The Bertz CT molecular complexity index is 381. The molecule has 2 fully saturated rings. The van der Waals surface area contributed by atoms with E-state index < -0.39 is 0 Å². The maximum absolute atomic E-state index is 11.5. The van der Waals surface area contributed by atoms with Crippen LogP contribution in [0.2, 0.25) is 0 Å². The molecule has 6 heteroatoms. The lowest BCUT2D eigenvalue weighted by Crippen LogP contribution is -2.42. The van der Waals surface area contributed by atoms with Crippen molar-refractivity contribution >= 4 is 11.9 Å². The van der Waals surface area contributed by atoms with Crippen LogP contribution in [0.3, 0.4) is 0 Å². The number of amides is 1. The predicted octanol–water partition coefficient (Wildman–Crippen LogP) is 0.410. The highest BCUT2D eigenvalue weighted by atomic mass is 16.2. The molecule has 0 radical (unpaired) electrons. The van der Waals surface area contributed by atoms with E-state index in [4.69, 9.17) is 0 Å². The van der Waals surface area contributed by atoms with Gasteiger partial charge in [0.2, 0.25) is 5.91 Å². The summed E-state index contributed by atoms with van der Waals surface area (Å²) in [6, 6.07) is 0. The van der Waals surface area contributed by atoms with E-state index in [2.05, 4.69) is 39.7 Å². The first-order chi connectivity index (χ1) is 10.7. The first kappa shape index (κ1) is 17.1. The Morgan fingerprint density at radius 1 is 1.14 bits per heavy atom. The van der Waals surface area contributed by atoms with Crippen LogP contribution in [0.1, 0.15) is 33.1 Å². The molecule has 3 N–H and O–H groups in total.